The van der Waals surface area contributed by atoms with E-state index in [2.05, 4.69) is 74.6 Å². The normalized spacial score (nSPS) is 13.0. The van der Waals surface area contributed by atoms with Crippen LogP contribution in [0.5, 0.6) is 0 Å². The molecule has 0 N–H and O–H groups in total. The third-order valence-electron chi connectivity index (χ3n) is 3.28. The highest BCUT2D eigenvalue weighted by molar-refractivity contribution is 5.00. The van der Waals surface area contributed by atoms with Crippen molar-refractivity contribution in [1.82, 2.24) is 0 Å². The molecule has 123 valence electrons. The quantitative estimate of drug-likeness (QED) is 0.230. The van der Waals surface area contributed by atoms with E-state index in [4.69, 9.17) is 0 Å². The average molecular weight is 300 g/mol. The standard InChI is InChI=1S/C22H35/c1-3-5-7-9-11-13-15-17-19-21-22-20-18-16-14-12-10-8-6-4-2/h6,8,12-15,18-21H,1,3-5,7,9-11,16-17,22H2,2H3. The molecule has 0 aromatic carbocycles. The van der Waals surface area contributed by atoms with Gasteiger partial charge in [-0.15, -0.1) is 0 Å². The SMILES string of the molecule is [CH2]CCCCCC=CCC=CCC=CCC=CCC=CCC. The highest BCUT2D eigenvalue weighted by Crippen LogP contribution is 2.03. The largest absolute Gasteiger partial charge is 0.0885 e. The van der Waals surface area contributed by atoms with Gasteiger partial charge in [-0.1, -0.05) is 93.9 Å². The average Bonchev–Trinajstić information content (AvgIpc) is 2.54. The topological polar surface area (TPSA) is 0 Å². The van der Waals surface area contributed by atoms with E-state index in [0.29, 0.717) is 0 Å². The van der Waals surface area contributed by atoms with Gasteiger partial charge in [0, 0.05) is 0 Å². The van der Waals surface area contributed by atoms with Crippen LogP contribution in [0, 0.1) is 6.92 Å². The van der Waals surface area contributed by atoms with Crippen molar-refractivity contribution in [2.45, 2.75) is 71.1 Å². The number of hydrogen-bond donors (Lipinski definition) is 0. The maximum absolute atomic E-state index is 3.86. The van der Waals surface area contributed by atoms with Gasteiger partial charge in [0.2, 0.25) is 0 Å². The van der Waals surface area contributed by atoms with E-state index < -0.39 is 0 Å². The van der Waals surface area contributed by atoms with E-state index in [9.17, 15) is 0 Å². The summed E-state index contributed by atoms with van der Waals surface area (Å²) in [5, 5.41) is 0. The molecular weight excluding hydrogens is 264 g/mol. The van der Waals surface area contributed by atoms with E-state index >= 15 is 0 Å². The molecule has 0 aliphatic heterocycles. The second kappa shape index (κ2) is 19.7. The van der Waals surface area contributed by atoms with Gasteiger partial charge in [0.05, 0.1) is 0 Å². The van der Waals surface area contributed by atoms with Crippen LogP contribution in [0.4, 0.5) is 0 Å². The van der Waals surface area contributed by atoms with Gasteiger partial charge in [-0.05, 0) is 44.9 Å². The Hall–Kier alpha value is -1.30. The molecule has 0 unspecified atom stereocenters. The first-order chi connectivity index (χ1) is 10.9. The lowest BCUT2D eigenvalue weighted by molar-refractivity contribution is 0.694. The minimum atomic E-state index is 1.04. The third-order valence-corrected chi connectivity index (χ3v) is 3.28. The lowest BCUT2D eigenvalue weighted by Gasteiger charge is -1.93. The predicted molar refractivity (Wildman–Crippen MR) is 103 cm³/mol. The fraction of sp³-hybridized carbons (Fsp3) is 0.500. The molecule has 0 heteroatoms. The predicted octanol–water partition coefficient (Wildman–Crippen LogP) is 7.52. The van der Waals surface area contributed by atoms with Crippen molar-refractivity contribution in [3.63, 3.8) is 0 Å². The number of unbranched alkanes of at least 4 members (excludes halogenated alkanes) is 4. The molecule has 0 spiro atoms. The van der Waals surface area contributed by atoms with Crippen LogP contribution in [0.15, 0.2) is 60.8 Å². The summed E-state index contributed by atoms with van der Waals surface area (Å²) in [7, 11) is 0. The van der Waals surface area contributed by atoms with Crippen molar-refractivity contribution in [2.75, 3.05) is 0 Å². The summed E-state index contributed by atoms with van der Waals surface area (Å²) >= 11 is 0. The first kappa shape index (κ1) is 20.7. The minimum Gasteiger partial charge on any atom is -0.0885 e. The van der Waals surface area contributed by atoms with E-state index in [1.807, 2.05) is 0 Å². The van der Waals surface area contributed by atoms with Crippen molar-refractivity contribution in [1.29, 1.82) is 0 Å². The zero-order valence-corrected chi connectivity index (χ0v) is 14.6. The van der Waals surface area contributed by atoms with Crippen LogP contribution >= 0.6 is 0 Å². The summed E-state index contributed by atoms with van der Waals surface area (Å²) in [6, 6.07) is 0. The summed E-state index contributed by atoms with van der Waals surface area (Å²) < 4.78 is 0. The van der Waals surface area contributed by atoms with Gasteiger partial charge in [0.15, 0.2) is 0 Å². The van der Waals surface area contributed by atoms with Gasteiger partial charge in [-0.3, -0.25) is 0 Å². The molecule has 0 aromatic rings. The molecule has 0 amide bonds. The first-order valence-electron chi connectivity index (χ1n) is 8.96. The number of rotatable bonds is 14. The van der Waals surface area contributed by atoms with Crippen molar-refractivity contribution in [3.8, 4) is 0 Å². The zero-order valence-electron chi connectivity index (χ0n) is 14.6. The molecule has 0 aliphatic rings. The first-order valence-corrected chi connectivity index (χ1v) is 8.96. The Morgan fingerprint density at radius 1 is 0.545 bits per heavy atom. The van der Waals surface area contributed by atoms with E-state index in [1.165, 1.54) is 25.7 Å². The van der Waals surface area contributed by atoms with E-state index in [1.54, 1.807) is 0 Å². The lowest BCUT2D eigenvalue weighted by atomic mass is 10.1. The Labute approximate surface area is 139 Å². The van der Waals surface area contributed by atoms with E-state index in [-0.39, 0.29) is 0 Å². The lowest BCUT2D eigenvalue weighted by Crippen LogP contribution is -1.73. The van der Waals surface area contributed by atoms with Gasteiger partial charge in [0.1, 0.15) is 0 Å². The Morgan fingerprint density at radius 3 is 1.45 bits per heavy atom. The maximum atomic E-state index is 3.86. The highest BCUT2D eigenvalue weighted by atomic mass is 13.9. The summed E-state index contributed by atoms with van der Waals surface area (Å²) in [6.07, 6.45) is 34.0. The maximum Gasteiger partial charge on any atom is -0.0169 e. The second-order valence-corrected chi connectivity index (χ2v) is 5.41. The summed E-state index contributed by atoms with van der Waals surface area (Å²) in [5.41, 5.74) is 0. The molecule has 0 saturated heterocycles. The molecule has 0 bridgehead atoms. The van der Waals surface area contributed by atoms with Gasteiger partial charge in [0.25, 0.3) is 0 Å². The second-order valence-electron chi connectivity index (χ2n) is 5.41. The molecule has 0 saturated carbocycles. The number of hydrogen-bond acceptors (Lipinski definition) is 0. The van der Waals surface area contributed by atoms with Gasteiger partial charge in [-0.25, -0.2) is 0 Å². The van der Waals surface area contributed by atoms with Gasteiger partial charge < -0.3 is 0 Å². The molecule has 0 fully saturated rings. The molecule has 0 aromatic heterocycles. The zero-order chi connectivity index (χ0) is 16.1. The van der Waals surface area contributed by atoms with Gasteiger partial charge in [-0.2, -0.15) is 0 Å². The van der Waals surface area contributed by atoms with Crippen LogP contribution in [0.2, 0.25) is 0 Å². The third kappa shape index (κ3) is 18.7. The molecule has 1 radical (unpaired) electrons. The molecule has 0 rings (SSSR count). The van der Waals surface area contributed by atoms with Crippen LogP contribution in [-0.4, -0.2) is 0 Å². The molecular formula is C22H35. The van der Waals surface area contributed by atoms with Crippen molar-refractivity contribution in [3.05, 3.63) is 67.7 Å². The molecule has 22 heavy (non-hydrogen) atoms. The number of allylic oxidation sites excluding steroid dienone is 10. The summed E-state index contributed by atoms with van der Waals surface area (Å²) in [6.45, 7) is 6.03. The monoisotopic (exact) mass is 299 g/mol. The van der Waals surface area contributed by atoms with Crippen LogP contribution < -0.4 is 0 Å². The molecule has 0 heterocycles. The van der Waals surface area contributed by atoms with Crippen molar-refractivity contribution in [2.24, 2.45) is 0 Å². The fourth-order valence-electron chi connectivity index (χ4n) is 1.98. The van der Waals surface area contributed by atoms with Crippen LogP contribution in [0.25, 0.3) is 0 Å². The van der Waals surface area contributed by atoms with Crippen molar-refractivity contribution >= 4 is 0 Å². The highest BCUT2D eigenvalue weighted by Gasteiger charge is 1.83. The summed E-state index contributed by atoms with van der Waals surface area (Å²) in [5.74, 6) is 0. The van der Waals surface area contributed by atoms with Crippen molar-refractivity contribution < 1.29 is 0 Å². The Morgan fingerprint density at radius 2 is 1.00 bits per heavy atom. The smallest absolute Gasteiger partial charge is 0.0169 e. The van der Waals surface area contributed by atoms with Gasteiger partial charge >= 0.3 is 0 Å². The minimum absolute atomic E-state index is 1.04. The molecule has 0 aliphatic carbocycles. The Bertz CT molecular complexity index is 339. The van der Waals surface area contributed by atoms with Crippen LogP contribution in [0.3, 0.4) is 0 Å². The Kier molecular flexibility index (Phi) is 18.5. The Balaban J connectivity index is 3.40. The fourth-order valence-corrected chi connectivity index (χ4v) is 1.98. The molecule has 0 atom stereocenters. The molecule has 0 nitrogen and oxygen atoms in total. The summed E-state index contributed by atoms with van der Waals surface area (Å²) in [4.78, 5) is 0. The van der Waals surface area contributed by atoms with E-state index in [0.717, 1.165) is 38.5 Å². The van der Waals surface area contributed by atoms with Crippen LogP contribution in [0.1, 0.15) is 71.1 Å². The van der Waals surface area contributed by atoms with Crippen LogP contribution in [-0.2, 0) is 0 Å².